The number of nitrogens with zero attached hydrogens (tertiary/aromatic N) is 3. The van der Waals surface area contributed by atoms with Crippen LogP contribution in [0.5, 0.6) is 0 Å². The van der Waals surface area contributed by atoms with Crippen molar-refractivity contribution in [2.24, 2.45) is 0 Å². The summed E-state index contributed by atoms with van der Waals surface area (Å²) < 4.78 is 1.80. The number of hydrogen-bond donors (Lipinski definition) is 2. The molecule has 1 aliphatic heterocycles. The van der Waals surface area contributed by atoms with E-state index in [0.717, 1.165) is 43.5 Å². The molecule has 0 radical (unpaired) electrons. The number of anilines is 1. The van der Waals surface area contributed by atoms with Gasteiger partial charge in [-0.05, 0) is 49.2 Å². The summed E-state index contributed by atoms with van der Waals surface area (Å²) in [5.41, 5.74) is 3.67. The molecule has 3 aromatic rings. The normalized spacial score (nSPS) is 15.1. The van der Waals surface area contributed by atoms with Crippen molar-refractivity contribution in [1.82, 2.24) is 14.9 Å². The van der Waals surface area contributed by atoms with Gasteiger partial charge in [-0.3, -0.25) is 4.57 Å². The minimum atomic E-state index is -0.0476. The number of fused-ring (bicyclic) bond motifs is 1. The highest BCUT2D eigenvalue weighted by molar-refractivity contribution is 5.74. The Morgan fingerprint density at radius 1 is 1.11 bits per heavy atom. The van der Waals surface area contributed by atoms with Crippen LogP contribution in [-0.4, -0.2) is 35.2 Å². The van der Waals surface area contributed by atoms with E-state index in [9.17, 15) is 4.79 Å². The summed E-state index contributed by atoms with van der Waals surface area (Å²) >= 11 is 0. The zero-order chi connectivity index (χ0) is 18.6. The van der Waals surface area contributed by atoms with E-state index < -0.39 is 0 Å². The van der Waals surface area contributed by atoms with Crippen LogP contribution in [0.15, 0.2) is 53.3 Å². The number of H-pyrrole nitrogens is 1. The molecule has 0 spiro atoms. The fourth-order valence-corrected chi connectivity index (χ4v) is 3.80. The van der Waals surface area contributed by atoms with Gasteiger partial charge in [0.15, 0.2) is 0 Å². The molecular formula is C21H23N5O. The van der Waals surface area contributed by atoms with Gasteiger partial charge in [0.05, 0.1) is 22.7 Å². The molecule has 0 atom stereocenters. The number of para-hydroxylation sites is 2. The fourth-order valence-electron chi connectivity index (χ4n) is 3.80. The molecule has 2 aromatic carbocycles. The van der Waals surface area contributed by atoms with E-state index in [1.165, 1.54) is 5.69 Å². The smallest absolute Gasteiger partial charge is 0.326 e. The summed E-state index contributed by atoms with van der Waals surface area (Å²) in [5, 5.41) is 12.5. The van der Waals surface area contributed by atoms with E-state index in [4.69, 9.17) is 5.26 Å². The van der Waals surface area contributed by atoms with Gasteiger partial charge in [0.2, 0.25) is 0 Å². The van der Waals surface area contributed by atoms with E-state index in [0.29, 0.717) is 18.2 Å². The molecule has 0 saturated carbocycles. The Morgan fingerprint density at radius 2 is 1.85 bits per heavy atom. The van der Waals surface area contributed by atoms with Gasteiger partial charge in [-0.25, -0.2) is 4.79 Å². The molecule has 2 N–H and O–H groups in total. The summed E-state index contributed by atoms with van der Waals surface area (Å²) in [4.78, 5) is 17.4. The van der Waals surface area contributed by atoms with Crippen LogP contribution in [-0.2, 0) is 6.54 Å². The highest BCUT2D eigenvalue weighted by Gasteiger charge is 2.19. The molecule has 6 heteroatoms. The first kappa shape index (κ1) is 17.4. The Hall–Kier alpha value is -3.04. The highest BCUT2D eigenvalue weighted by Crippen LogP contribution is 2.20. The molecule has 6 nitrogen and oxygen atoms in total. The van der Waals surface area contributed by atoms with Gasteiger partial charge < -0.3 is 15.2 Å². The standard InChI is InChI=1S/C21H23N5O/c22-15-16-5-7-18(8-6-16)25-12-9-17(10-13-25)23-11-14-26-20-4-2-1-3-19(20)24-21(26)27/h1-8,17,23H,9-14H2,(H,24,27). The molecular weight excluding hydrogens is 338 g/mol. The molecule has 1 saturated heterocycles. The van der Waals surface area contributed by atoms with Crippen LogP contribution in [0, 0.1) is 11.3 Å². The number of piperidine rings is 1. The van der Waals surface area contributed by atoms with Gasteiger partial charge in [0.1, 0.15) is 0 Å². The number of hydrogen-bond acceptors (Lipinski definition) is 4. The molecule has 138 valence electrons. The average Bonchev–Trinajstić information content (AvgIpc) is 3.04. The SMILES string of the molecule is N#Cc1ccc(N2CCC(NCCn3c(=O)[nH]c4ccccc43)CC2)cc1. The van der Waals surface area contributed by atoms with Crippen molar-refractivity contribution in [3.63, 3.8) is 0 Å². The van der Waals surface area contributed by atoms with Crippen molar-refractivity contribution in [3.8, 4) is 6.07 Å². The maximum absolute atomic E-state index is 12.1. The third kappa shape index (κ3) is 3.74. The van der Waals surface area contributed by atoms with Gasteiger partial charge in [-0.15, -0.1) is 0 Å². The van der Waals surface area contributed by atoms with E-state index in [2.05, 4.69) is 21.3 Å². The summed E-state index contributed by atoms with van der Waals surface area (Å²) in [5.74, 6) is 0. The van der Waals surface area contributed by atoms with Crippen LogP contribution in [0.25, 0.3) is 11.0 Å². The first-order valence-corrected chi connectivity index (χ1v) is 9.40. The number of imidazole rings is 1. The Labute approximate surface area is 158 Å². The van der Waals surface area contributed by atoms with Gasteiger partial charge in [0, 0.05) is 37.9 Å². The Bertz CT molecular complexity index is 1000. The van der Waals surface area contributed by atoms with Crippen LogP contribution in [0.4, 0.5) is 5.69 Å². The second-order valence-electron chi connectivity index (χ2n) is 6.97. The lowest BCUT2D eigenvalue weighted by atomic mass is 10.0. The first-order valence-electron chi connectivity index (χ1n) is 9.40. The third-order valence-electron chi connectivity index (χ3n) is 5.31. The predicted molar refractivity (Wildman–Crippen MR) is 107 cm³/mol. The number of nitriles is 1. The maximum Gasteiger partial charge on any atom is 0.326 e. The maximum atomic E-state index is 12.1. The number of aromatic amines is 1. The Kier molecular flexibility index (Phi) is 4.95. The van der Waals surface area contributed by atoms with Crippen molar-refractivity contribution >= 4 is 16.7 Å². The molecule has 4 rings (SSSR count). The van der Waals surface area contributed by atoms with E-state index in [1.54, 1.807) is 4.57 Å². The minimum Gasteiger partial charge on any atom is -0.371 e. The van der Waals surface area contributed by atoms with Gasteiger partial charge in [-0.2, -0.15) is 5.26 Å². The first-order chi connectivity index (χ1) is 13.2. The lowest BCUT2D eigenvalue weighted by molar-refractivity contribution is 0.406. The molecule has 1 aliphatic rings. The lowest BCUT2D eigenvalue weighted by Crippen LogP contribution is -2.43. The van der Waals surface area contributed by atoms with Crippen molar-refractivity contribution in [3.05, 3.63) is 64.6 Å². The van der Waals surface area contributed by atoms with Gasteiger partial charge in [0.25, 0.3) is 0 Å². The Morgan fingerprint density at radius 3 is 2.59 bits per heavy atom. The van der Waals surface area contributed by atoms with Crippen molar-refractivity contribution in [1.29, 1.82) is 5.26 Å². The monoisotopic (exact) mass is 361 g/mol. The third-order valence-corrected chi connectivity index (χ3v) is 5.31. The van der Waals surface area contributed by atoms with Crippen molar-refractivity contribution in [2.45, 2.75) is 25.4 Å². The quantitative estimate of drug-likeness (QED) is 0.732. The number of nitrogens with one attached hydrogen (secondary N) is 2. The van der Waals surface area contributed by atoms with E-state index in [-0.39, 0.29) is 5.69 Å². The molecule has 0 unspecified atom stereocenters. The molecule has 0 aliphatic carbocycles. The summed E-state index contributed by atoms with van der Waals surface area (Å²) in [6, 6.07) is 18.2. The molecule has 0 amide bonds. The van der Waals surface area contributed by atoms with E-state index >= 15 is 0 Å². The van der Waals surface area contributed by atoms with Crippen LogP contribution in [0.3, 0.4) is 0 Å². The summed E-state index contributed by atoms with van der Waals surface area (Å²) in [6.45, 7) is 3.44. The van der Waals surface area contributed by atoms with Crippen molar-refractivity contribution < 1.29 is 0 Å². The van der Waals surface area contributed by atoms with Gasteiger partial charge in [-0.1, -0.05) is 12.1 Å². The van der Waals surface area contributed by atoms with Crippen LogP contribution < -0.4 is 15.9 Å². The summed E-state index contributed by atoms with van der Waals surface area (Å²) in [7, 11) is 0. The average molecular weight is 361 g/mol. The molecule has 2 heterocycles. The number of rotatable bonds is 5. The van der Waals surface area contributed by atoms with Crippen LogP contribution >= 0.6 is 0 Å². The lowest BCUT2D eigenvalue weighted by Gasteiger charge is -2.34. The van der Waals surface area contributed by atoms with Crippen LogP contribution in [0.2, 0.25) is 0 Å². The topological polar surface area (TPSA) is 76.8 Å². The molecule has 0 bridgehead atoms. The minimum absolute atomic E-state index is 0.0476. The van der Waals surface area contributed by atoms with Gasteiger partial charge >= 0.3 is 5.69 Å². The fraction of sp³-hybridized carbons (Fsp3) is 0.333. The van der Waals surface area contributed by atoms with E-state index in [1.807, 2.05) is 48.5 Å². The molecule has 1 fully saturated rings. The van der Waals surface area contributed by atoms with Crippen molar-refractivity contribution in [2.75, 3.05) is 24.5 Å². The molecule has 1 aromatic heterocycles. The number of benzene rings is 2. The zero-order valence-corrected chi connectivity index (χ0v) is 15.2. The largest absolute Gasteiger partial charge is 0.371 e. The number of aromatic nitrogens is 2. The van der Waals surface area contributed by atoms with Crippen LogP contribution in [0.1, 0.15) is 18.4 Å². The second-order valence-corrected chi connectivity index (χ2v) is 6.97. The zero-order valence-electron chi connectivity index (χ0n) is 15.2. The predicted octanol–water partition coefficient (Wildman–Crippen LogP) is 2.46. The Balaban J connectivity index is 1.29. The molecule has 27 heavy (non-hydrogen) atoms. The highest BCUT2D eigenvalue weighted by atomic mass is 16.1. The summed E-state index contributed by atoms with van der Waals surface area (Å²) in [6.07, 6.45) is 2.14. The second kappa shape index (κ2) is 7.68.